The van der Waals surface area contributed by atoms with Gasteiger partial charge in [-0.3, -0.25) is 0 Å². The van der Waals surface area contributed by atoms with Crippen molar-refractivity contribution in [2.24, 2.45) is 16.7 Å². The van der Waals surface area contributed by atoms with Crippen molar-refractivity contribution in [2.75, 3.05) is 0 Å². The van der Waals surface area contributed by atoms with E-state index >= 15 is 0 Å². The summed E-state index contributed by atoms with van der Waals surface area (Å²) < 4.78 is 0. The minimum atomic E-state index is -0.104. The third-order valence-electron chi connectivity index (χ3n) is 4.75. The molecule has 0 heterocycles. The Morgan fingerprint density at radius 3 is 2.00 bits per heavy atom. The van der Waals surface area contributed by atoms with Gasteiger partial charge in [0.1, 0.15) is 0 Å². The Morgan fingerprint density at radius 2 is 1.83 bits per heavy atom. The molecule has 1 heteroatoms. The van der Waals surface area contributed by atoms with Gasteiger partial charge in [0.25, 0.3) is 0 Å². The van der Waals surface area contributed by atoms with Gasteiger partial charge in [-0.15, -0.1) is 0 Å². The second-order valence-corrected chi connectivity index (χ2v) is 5.15. The van der Waals surface area contributed by atoms with Crippen LogP contribution in [0.3, 0.4) is 0 Å². The molecule has 0 aromatic carbocycles. The van der Waals surface area contributed by atoms with Crippen LogP contribution >= 0.6 is 0 Å². The van der Waals surface area contributed by atoms with Crippen LogP contribution in [0.15, 0.2) is 0 Å². The molecule has 1 rings (SSSR count). The molecule has 12 heavy (non-hydrogen) atoms. The van der Waals surface area contributed by atoms with Gasteiger partial charge in [-0.2, -0.15) is 0 Å². The normalized spacial score (nSPS) is 46.5. The van der Waals surface area contributed by atoms with Crippen LogP contribution in [0.2, 0.25) is 0 Å². The third-order valence-corrected chi connectivity index (χ3v) is 4.75. The predicted molar refractivity (Wildman–Crippen MR) is 52.0 cm³/mol. The predicted octanol–water partition coefficient (Wildman–Crippen LogP) is 2.83. The van der Waals surface area contributed by atoms with Crippen LogP contribution in [0.1, 0.15) is 47.5 Å². The molecule has 0 radical (unpaired) electrons. The van der Waals surface area contributed by atoms with E-state index < -0.39 is 0 Å². The highest BCUT2D eigenvalue weighted by molar-refractivity contribution is 5.03. The number of aliphatic hydroxyl groups is 1. The van der Waals surface area contributed by atoms with E-state index in [0.717, 1.165) is 12.8 Å². The smallest absolute Gasteiger partial charge is 0.0601 e. The summed E-state index contributed by atoms with van der Waals surface area (Å²) in [7, 11) is 0. The van der Waals surface area contributed by atoms with Crippen molar-refractivity contribution in [1.82, 2.24) is 0 Å². The van der Waals surface area contributed by atoms with Gasteiger partial charge in [-0.25, -0.2) is 0 Å². The summed E-state index contributed by atoms with van der Waals surface area (Å²) in [6.45, 7) is 11.2. The topological polar surface area (TPSA) is 20.2 Å². The Morgan fingerprint density at radius 1 is 1.33 bits per heavy atom. The average molecular weight is 170 g/mol. The number of hydrogen-bond donors (Lipinski definition) is 1. The number of hydrogen-bond acceptors (Lipinski definition) is 1. The molecule has 0 aliphatic heterocycles. The van der Waals surface area contributed by atoms with Crippen molar-refractivity contribution in [3.05, 3.63) is 0 Å². The second kappa shape index (κ2) is 2.73. The summed E-state index contributed by atoms with van der Waals surface area (Å²) in [6.07, 6.45) is 1.94. The molecule has 1 saturated carbocycles. The molecule has 1 fully saturated rings. The van der Waals surface area contributed by atoms with Crippen LogP contribution in [0, 0.1) is 16.7 Å². The fourth-order valence-corrected chi connectivity index (χ4v) is 2.57. The molecule has 0 spiro atoms. The van der Waals surface area contributed by atoms with Crippen molar-refractivity contribution >= 4 is 0 Å². The van der Waals surface area contributed by atoms with E-state index in [1.54, 1.807) is 0 Å². The summed E-state index contributed by atoms with van der Waals surface area (Å²) >= 11 is 0. The van der Waals surface area contributed by atoms with Gasteiger partial charge in [0.05, 0.1) is 6.10 Å². The van der Waals surface area contributed by atoms with Crippen LogP contribution in [0.5, 0.6) is 0 Å². The van der Waals surface area contributed by atoms with Crippen molar-refractivity contribution in [1.29, 1.82) is 0 Å². The van der Waals surface area contributed by atoms with Crippen molar-refractivity contribution in [2.45, 2.75) is 53.6 Å². The Bertz CT molecular complexity index is 174. The molecular formula is C11H22O. The highest BCUT2D eigenvalue weighted by Gasteiger charge is 2.53. The SMILES string of the molecule is CCC1(C)C(O)CC(C)C1(C)C. The van der Waals surface area contributed by atoms with Gasteiger partial charge in [0, 0.05) is 0 Å². The molecule has 3 atom stereocenters. The minimum Gasteiger partial charge on any atom is -0.393 e. The standard InChI is InChI=1S/C11H22O/c1-6-11(5)9(12)7-8(2)10(11,3)4/h8-9,12H,6-7H2,1-5H3. The van der Waals surface area contributed by atoms with Gasteiger partial charge in [0.15, 0.2) is 0 Å². The lowest BCUT2D eigenvalue weighted by Gasteiger charge is -2.41. The molecule has 3 unspecified atom stereocenters. The van der Waals surface area contributed by atoms with E-state index in [1.807, 2.05) is 0 Å². The maximum atomic E-state index is 9.95. The maximum Gasteiger partial charge on any atom is 0.0601 e. The van der Waals surface area contributed by atoms with Gasteiger partial charge in [-0.1, -0.05) is 34.6 Å². The van der Waals surface area contributed by atoms with E-state index in [1.165, 1.54) is 0 Å². The lowest BCUT2D eigenvalue weighted by Crippen LogP contribution is -2.38. The summed E-state index contributed by atoms with van der Waals surface area (Å²) in [5, 5.41) is 9.95. The summed E-state index contributed by atoms with van der Waals surface area (Å²) in [5.74, 6) is 0.637. The van der Waals surface area contributed by atoms with E-state index in [9.17, 15) is 5.11 Å². The Hall–Kier alpha value is -0.0400. The zero-order valence-corrected chi connectivity index (χ0v) is 9.02. The molecule has 0 aromatic heterocycles. The second-order valence-electron chi connectivity index (χ2n) is 5.15. The fourth-order valence-electron chi connectivity index (χ4n) is 2.57. The van der Waals surface area contributed by atoms with Crippen molar-refractivity contribution in [3.63, 3.8) is 0 Å². The van der Waals surface area contributed by atoms with Gasteiger partial charge in [0.2, 0.25) is 0 Å². The molecule has 1 nitrogen and oxygen atoms in total. The van der Waals surface area contributed by atoms with Crippen LogP contribution in [-0.2, 0) is 0 Å². The number of rotatable bonds is 1. The maximum absolute atomic E-state index is 9.95. The first-order valence-corrected chi connectivity index (χ1v) is 5.04. The first kappa shape index (κ1) is 10.0. The molecule has 0 amide bonds. The van der Waals surface area contributed by atoms with E-state index in [4.69, 9.17) is 0 Å². The van der Waals surface area contributed by atoms with Gasteiger partial charge >= 0.3 is 0 Å². The van der Waals surface area contributed by atoms with Crippen LogP contribution in [0.4, 0.5) is 0 Å². The van der Waals surface area contributed by atoms with E-state index in [0.29, 0.717) is 5.92 Å². The Balaban J connectivity index is 2.98. The fraction of sp³-hybridized carbons (Fsp3) is 1.00. The molecule has 0 bridgehead atoms. The van der Waals surface area contributed by atoms with Gasteiger partial charge < -0.3 is 5.11 Å². The third kappa shape index (κ3) is 1.02. The Labute approximate surface area is 76.2 Å². The first-order chi connectivity index (χ1) is 5.36. The minimum absolute atomic E-state index is 0.104. The largest absolute Gasteiger partial charge is 0.393 e. The molecule has 1 aliphatic carbocycles. The van der Waals surface area contributed by atoms with E-state index in [2.05, 4.69) is 34.6 Å². The molecule has 0 saturated heterocycles. The van der Waals surface area contributed by atoms with E-state index in [-0.39, 0.29) is 16.9 Å². The number of aliphatic hydroxyl groups excluding tert-OH is 1. The summed E-state index contributed by atoms with van der Waals surface area (Å²) in [4.78, 5) is 0. The summed E-state index contributed by atoms with van der Waals surface area (Å²) in [6, 6.07) is 0. The zero-order chi connectivity index (χ0) is 9.57. The lowest BCUT2D eigenvalue weighted by molar-refractivity contribution is -0.00450. The highest BCUT2D eigenvalue weighted by Crippen LogP contribution is 2.57. The van der Waals surface area contributed by atoms with Gasteiger partial charge in [-0.05, 0) is 29.6 Å². The molecule has 1 N–H and O–H groups in total. The quantitative estimate of drug-likeness (QED) is 0.641. The average Bonchev–Trinajstić information content (AvgIpc) is 2.14. The van der Waals surface area contributed by atoms with Crippen molar-refractivity contribution in [3.8, 4) is 0 Å². The molecule has 72 valence electrons. The monoisotopic (exact) mass is 170 g/mol. The Kier molecular flexibility index (Phi) is 2.28. The highest BCUT2D eigenvalue weighted by atomic mass is 16.3. The van der Waals surface area contributed by atoms with Crippen LogP contribution in [0.25, 0.3) is 0 Å². The molecular weight excluding hydrogens is 148 g/mol. The zero-order valence-electron chi connectivity index (χ0n) is 9.02. The molecule has 1 aliphatic rings. The first-order valence-electron chi connectivity index (χ1n) is 5.04. The van der Waals surface area contributed by atoms with Crippen molar-refractivity contribution < 1.29 is 5.11 Å². The summed E-state index contributed by atoms with van der Waals surface area (Å²) in [5.41, 5.74) is 0.396. The van der Waals surface area contributed by atoms with Crippen LogP contribution < -0.4 is 0 Å². The molecule has 0 aromatic rings. The lowest BCUT2D eigenvalue weighted by atomic mass is 9.64. The van der Waals surface area contributed by atoms with Crippen LogP contribution in [-0.4, -0.2) is 11.2 Å².